The molecule has 0 aromatic rings. The SMILES string of the molecule is O=C1C=C(C(CO)OCCO)C(=O)N1. The number of aliphatic hydroxyl groups is 2. The third-order valence-corrected chi connectivity index (χ3v) is 1.71. The van der Waals surface area contributed by atoms with Crippen LogP contribution in [0.1, 0.15) is 0 Å². The molecule has 1 heterocycles. The van der Waals surface area contributed by atoms with Crippen LogP contribution in [-0.2, 0) is 14.3 Å². The molecule has 14 heavy (non-hydrogen) atoms. The molecule has 0 radical (unpaired) electrons. The zero-order valence-electron chi connectivity index (χ0n) is 7.40. The Bertz CT molecular complexity index is 273. The first-order valence-electron chi connectivity index (χ1n) is 4.09. The summed E-state index contributed by atoms with van der Waals surface area (Å²) in [6.07, 6.45) is 0.231. The molecule has 2 amide bonds. The molecule has 1 unspecified atom stereocenters. The van der Waals surface area contributed by atoms with E-state index in [1.165, 1.54) is 0 Å². The van der Waals surface area contributed by atoms with Crippen molar-refractivity contribution in [1.82, 2.24) is 5.32 Å². The van der Waals surface area contributed by atoms with E-state index in [0.717, 1.165) is 6.08 Å². The van der Waals surface area contributed by atoms with Crippen molar-refractivity contribution < 1.29 is 24.5 Å². The Morgan fingerprint density at radius 1 is 1.43 bits per heavy atom. The molecule has 6 nitrogen and oxygen atoms in total. The standard InChI is InChI=1S/C8H11NO5/c10-1-2-14-6(4-11)5-3-7(12)9-8(5)13/h3,6,10-11H,1-2,4H2,(H,9,12,13). The topological polar surface area (TPSA) is 95.9 Å². The lowest BCUT2D eigenvalue weighted by atomic mass is 10.1. The molecule has 1 aliphatic heterocycles. The average molecular weight is 201 g/mol. The van der Waals surface area contributed by atoms with E-state index in [1.54, 1.807) is 0 Å². The van der Waals surface area contributed by atoms with Crippen molar-refractivity contribution in [3.05, 3.63) is 11.6 Å². The second kappa shape index (κ2) is 4.85. The number of imide groups is 1. The van der Waals surface area contributed by atoms with E-state index in [1.807, 2.05) is 5.32 Å². The number of hydrogen-bond donors (Lipinski definition) is 3. The molecule has 1 rings (SSSR count). The lowest BCUT2D eigenvalue weighted by Crippen LogP contribution is -2.30. The molecular formula is C8H11NO5. The summed E-state index contributed by atoms with van der Waals surface area (Å²) in [4.78, 5) is 21.9. The van der Waals surface area contributed by atoms with Gasteiger partial charge in [0, 0.05) is 6.08 Å². The highest BCUT2D eigenvalue weighted by atomic mass is 16.5. The van der Waals surface area contributed by atoms with Gasteiger partial charge >= 0.3 is 0 Å². The van der Waals surface area contributed by atoms with Crippen LogP contribution in [0.3, 0.4) is 0 Å². The summed E-state index contributed by atoms with van der Waals surface area (Å²) in [5, 5.41) is 19.4. The molecule has 0 aliphatic carbocycles. The van der Waals surface area contributed by atoms with Crippen LogP contribution in [0.5, 0.6) is 0 Å². The lowest BCUT2D eigenvalue weighted by Gasteiger charge is -2.13. The maximum Gasteiger partial charge on any atom is 0.256 e. The van der Waals surface area contributed by atoms with Crippen LogP contribution in [0.2, 0.25) is 0 Å². The summed E-state index contributed by atoms with van der Waals surface area (Å²) in [6.45, 7) is -0.615. The highest BCUT2D eigenvalue weighted by Gasteiger charge is 2.28. The van der Waals surface area contributed by atoms with Gasteiger partial charge in [0.25, 0.3) is 11.8 Å². The number of hydrogen-bond acceptors (Lipinski definition) is 5. The maximum absolute atomic E-state index is 11.1. The molecule has 6 heteroatoms. The fourth-order valence-corrected chi connectivity index (χ4v) is 1.10. The summed E-state index contributed by atoms with van der Waals surface area (Å²) >= 11 is 0. The van der Waals surface area contributed by atoms with E-state index >= 15 is 0 Å². The highest BCUT2D eigenvalue weighted by Crippen LogP contribution is 2.11. The van der Waals surface area contributed by atoms with Crippen molar-refractivity contribution in [1.29, 1.82) is 0 Å². The predicted octanol–water partition coefficient (Wildman–Crippen LogP) is -2.06. The van der Waals surface area contributed by atoms with E-state index in [4.69, 9.17) is 14.9 Å². The molecule has 0 bridgehead atoms. The van der Waals surface area contributed by atoms with Gasteiger partial charge in [-0.2, -0.15) is 0 Å². The van der Waals surface area contributed by atoms with Gasteiger partial charge in [-0.3, -0.25) is 14.9 Å². The summed E-state index contributed by atoms with van der Waals surface area (Å²) in [6, 6.07) is 0. The quantitative estimate of drug-likeness (QED) is 0.444. The molecule has 3 N–H and O–H groups in total. The number of ether oxygens (including phenoxy) is 1. The van der Waals surface area contributed by atoms with Crippen molar-refractivity contribution in [2.45, 2.75) is 6.10 Å². The van der Waals surface area contributed by atoms with Crippen molar-refractivity contribution in [2.75, 3.05) is 19.8 Å². The second-order valence-electron chi connectivity index (χ2n) is 2.68. The minimum atomic E-state index is -0.853. The van der Waals surface area contributed by atoms with Crippen LogP contribution in [0, 0.1) is 0 Å². The maximum atomic E-state index is 11.1. The molecule has 0 aromatic heterocycles. The van der Waals surface area contributed by atoms with Crippen LogP contribution in [0.25, 0.3) is 0 Å². The van der Waals surface area contributed by atoms with Gasteiger partial charge < -0.3 is 14.9 Å². The largest absolute Gasteiger partial charge is 0.394 e. The minimum Gasteiger partial charge on any atom is -0.394 e. The van der Waals surface area contributed by atoms with Crippen molar-refractivity contribution in [3.63, 3.8) is 0 Å². The molecule has 1 atom stereocenters. The van der Waals surface area contributed by atoms with Crippen LogP contribution in [0.15, 0.2) is 11.6 Å². The third-order valence-electron chi connectivity index (χ3n) is 1.71. The fourth-order valence-electron chi connectivity index (χ4n) is 1.10. The summed E-state index contributed by atoms with van der Waals surface area (Å²) in [5.41, 5.74) is 0.0888. The first kappa shape index (κ1) is 10.8. The van der Waals surface area contributed by atoms with Crippen LogP contribution >= 0.6 is 0 Å². The predicted molar refractivity (Wildman–Crippen MR) is 45.1 cm³/mol. The number of carbonyl (C=O) groups excluding carboxylic acids is 2. The van der Waals surface area contributed by atoms with E-state index < -0.39 is 24.5 Å². The number of nitrogens with one attached hydrogen (secondary N) is 1. The Morgan fingerprint density at radius 3 is 2.57 bits per heavy atom. The van der Waals surface area contributed by atoms with Gasteiger partial charge in [-0.25, -0.2) is 0 Å². The second-order valence-corrected chi connectivity index (χ2v) is 2.68. The molecule has 0 spiro atoms. The summed E-state index contributed by atoms with van der Waals surface area (Å²) in [5.74, 6) is -1.08. The molecular weight excluding hydrogens is 190 g/mol. The van der Waals surface area contributed by atoms with E-state index in [2.05, 4.69) is 0 Å². The molecule has 1 aliphatic rings. The monoisotopic (exact) mass is 201 g/mol. The Hall–Kier alpha value is -1.24. The normalized spacial score (nSPS) is 18.0. The van der Waals surface area contributed by atoms with Crippen molar-refractivity contribution in [3.8, 4) is 0 Å². The average Bonchev–Trinajstić information content (AvgIpc) is 2.47. The van der Waals surface area contributed by atoms with Crippen LogP contribution in [-0.4, -0.2) is 48.0 Å². The minimum absolute atomic E-state index is 0.00401. The van der Waals surface area contributed by atoms with Crippen LogP contribution < -0.4 is 5.32 Å². The smallest absolute Gasteiger partial charge is 0.256 e. The Morgan fingerprint density at radius 2 is 2.14 bits per heavy atom. The third kappa shape index (κ3) is 2.38. The van der Waals surface area contributed by atoms with Crippen molar-refractivity contribution >= 4 is 11.8 Å². The molecule has 0 fully saturated rings. The van der Waals surface area contributed by atoms with Crippen LogP contribution in [0.4, 0.5) is 0 Å². The van der Waals surface area contributed by atoms with Gasteiger partial charge in [0.15, 0.2) is 0 Å². The fraction of sp³-hybridized carbons (Fsp3) is 0.500. The van der Waals surface area contributed by atoms with E-state index in [-0.39, 0.29) is 18.8 Å². The first-order chi connectivity index (χ1) is 6.69. The van der Waals surface area contributed by atoms with E-state index in [9.17, 15) is 9.59 Å². The van der Waals surface area contributed by atoms with Gasteiger partial charge in [-0.15, -0.1) is 0 Å². The van der Waals surface area contributed by atoms with Gasteiger partial charge in [-0.05, 0) is 0 Å². The Balaban J connectivity index is 2.64. The zero-order chi connectivity index (χ0) is 10.6. The summed E-state index contributed by atoms with van der Waals surface area (Å²) < 4.78 is 4.96. The Kier molecular flexibility index (Phi) is 3.75. The molecule has 0 aromatic carbocycles. The zero-order valence-corrected chi connectivity index (χ0v) is 7.40. The number of rotatable bonds is 5. The van der Waals surface area contributed by atoms with E-state index in [0.29, 0.717) is 0 Å². The van der Waals surface area contributed by atoms with Gasteiger partial charge in [0.2, 0.25) is 0 Å². The lowest BCUT2D eigenvalue weighted by molar-refractivity contribution is -0.124. The number of amides is 2. The van der Waals surface area contributed by atoms with Gasteiger partial charge in [0.05, 0.1) is 25.4 Å². The van der Waals surface area contributed by atoms with Crippen molar-refractivity contribution in [2.24, 2.45) is 0 Å². The summed E-state index contributed by atoms with van der Waals surface area (Å²) in [7, 11) is 0. The Labute approximate surface area is 80.2 Å². The molecule has 78 valence electrons. The molecule has 0 saturated heterocycles. The molecule has 0 saturated carbocycles. The highest BCUT2D eigenvalue weighted by molar-refractivity contribution is 6.16. The van der Waals surface area contributed by atoms with Gasteiger partial charge in [0.1, 0.15) is 6.10 Å². The first-order valence-corrected chi connectivity index (χ1v) is 4.09. The number of carbonyl (C=O) groups is 2. The number of aliphatic hydroxyl groups excluding tert-OH is 2. The van der Waals surface area contributed by atoms with Gasteiger partial charge in [-0.1, -0.05) is 0 Å².